The van der Waals surface area contributed by atoms with Crippen molar-refractivity contribution in [3.05, 3.63) is 52.2 Å². The molecule has 2 aromatic rings. The lowest BCUT2D eigenvalue weighted by Crippen LogP contribution is -2.46. The summed E-state index contributed by atoms with van der Waals surface area (Å²) >= 11 is 0. The van der Waals surface area contributed by atoms with E-state index in [1.807, 2.05) is 0 Å². The van der Waals surface area contributed by atoms with Gasteiger partial charge in [-0.25, -0.2) is 9.48 Å². The Hall–Kier alpha value is -1.92. The van der Waals surface area contributed by atoms with E-state index in [9.17, 15) is 4.79 Å². The maximum absolute atomic E-state index is 11.5. The minimum atomic E-state index is -0.126. The largest absolute Gasteiger partial charge is 0.343 e. The third-order valence-electron chi connectivity index (χ3n) is 6.27. The van der Waals surface area contributed by atoms with E-state index in [1.165, 1.54) is 49.0 Å². The molecule has 2 aliphatic heterocycles. The number of hydrogen-bond acceptors (Lipinski definition) is 4. The van der Waals surface area contributed by atoms with Crippen molar-refractivity contribution in [2.75, 3.05) is 26.2 Å². The Kier molecular flexibility index (Phi) is 4.96. The first-order valence-electron chi connectivity index (χ1n) is 9.73. The normalized spacial score (nSPS) is 21.3. The minimum Gasteiger partial charge on any atom is -0.299 e. The quantitative estimate of drug-likeness (QED) is 0.911. The fourth-order valence-electron chi connectivity index (χ4n) is 4.45. The van der Waals surface area contributed by atoms with Crippen molar-refractivity contribution in [2.45, 2.75) is 38.8 Å². The summed E-state index contributed by atoms with van der Waals surface area (Å²) in [6.45, 7) is 6.47. The minimum absolute atomic E-state index is 0.126. The molecule has 6 heteroatoms. The molecule has 0 saturated carbocycles. The third kappa shape index (κ3) is 3.91. The molecule has 2 saturated heterocycles. The van der Waals surface area contributed by atoms with Crippen LogP contribution >= 0.6 is 0 Å². The van der Waals surface area contributed by atoms with Gasteiger partial charge in [-0.1, -0.05) is 30.3 Å². The van der Waals surface area contributed by atoms with E-state index >= 15 is 0 Å². The van der Waals surface area contributed by atoms with Crippen molar-refractivity contribution >= 4 is 0 Å². The molecule has 6 nitrogen and oxygen atoms in total. The Morgan fingerprint density at radius 2 is 1.54 bits per heavy atom. The maximum atomic E-state index is 11.5. The molecular formula is C20H29N5O. The van der Waals surface area contributed by atoms with Crippen molar-refractivity contribution in [1.82, 2.24) is 24.6 Å². The topological polar surface area (TPSA) is 57.2 Å². The van der Waals surface area contributed by atoms with Crippen molar-refractivity contribution in [1.29, 1.82) is 0 Å². The molecule has 1 aromatic carbocycles. The lowest BCUT2D eigenvalue weighted by Gasteiger charge is -2.46. The summed E-state index contributed by atoms with van der Waals surface area (Å²) in [7, 11) is 1.69. The number of piperidine rings is 2. The van der Waals surface area contributed by atoms with Gasteiger partial charge in [-0.3, -0.25) is 14.8 Å². The number of aryl methyl sites for hydroxylation is 1. The van der Waals surface area contributed by atoms with Gasteiger partial charge in [0.05, 0.1) is 6.54 Å². The van der Waals surface area contributed by atoms with Gasteiger partial charge in [0.15, 0.2) is 0 Å². The van der Waals surface area contributed by atoms with Crippen LogP contribution in [0.1, 0.15) is 37.1 Å². The first kappa shape index (κ1) is 17.5. The fraction of sp³-hybridized carbons (Fsp3) is 0.600. The van der Waals surface area contributed by atoms with E-state index in [4.69, 9.17) is 0 Å². The molecule has 140 valence electrons. The highest BCUT2D eigenvalue weighted by molar-refractivity contribution is 5.14. The first-order chi connectivity index (χ1) is 12.6. The Labute approximate surface area is 154 Å². The second-order valence-electron chi connectivity index (χ2n) is 8.04. The van der Waals surface area contributed by atoms with Gasteiger partial charge in [0.25, 0.3) is 0 Å². The second kappa shape index (κ2) is 7.37. The smallest absolute Gasteiger partial charge is 0.299 e. The van der Waals surface area contributed by atoms with Crippen LogP contribution in [0.4, 0.5) is 0 Å². The maximum Gasteiger partial charge on any atom is 0.343 e. The van der Waals surface area contributed by atoms with Gasteiger partial charge in [0.2, 0.25) is 0 Å². The number of aromatic nitrogens is 3. The number of nitrogens with one attached hydrogen (secondary N) is 1. The van der Waals surface area contributed by atoms with Crippen LogP contribution in [-0.4, -0.2) is 50.7 Å². The predicted molar refractivity (Wildman–Crippen MR) is 102 cm³/mol. The zero-order valence-electron chi connectivity index (χ0n) is 15.7. The molecule has 1 spiro atoms. The molecule has 1 aromatic heterocycles. The summed E-state index contributed by atoms with van der Waals surface area (Å²) in [4.78, 5) is 19.4. The predicted octanol–water partition coefficient (Wildman–Crippen LogP) is 1.99. The monoisotopic (exact) mass is 355 g/mol. The average Bonchev–Trinajstić information content (AvgIpc) is 2.97. The Morgan fingerprint density at radius 3 is 2.08 bits per heavy atom. The third-order valence-corrected chi connectivity index (χ3v) is 6.27. The zero-order chi connectivity index (χ0) is 18.0. The first-order valence-corrected chi connectivity index (χ1v) is 9.73. The van der Waals surface area contributed by atoms with Gasteiger partial charge >= 0.3 is 5.69 Å². The van der Waals surface area contributed by atoms with Crippen molar-refractivity contribution < 1.29 is 0 Å². The molecule has 0 aliphatic carbocycles. The number of likely N-dealkylation sites (tertiary alicyclic amines) is 2. The van der Waals surface area contributed by atoms with Gasteiger partial charge in [-0.15, -0.1) is 0 Å². The Balaban J connectivity index is 1.26. The van der Waals surface area contributed by atoms with Crippen LogP contribution < -0.4 is 5.69 Å². The van der Waals surface area contributed by atoms with Crippen molar-refractivity contribution in [2.24, 2.45) is 12.5 Å². The van der Waals surface area contributed by atoms with Gasteiger partial charge in [-0.2, -0.15) is 5.10 Å². The summed E-state index contributed by atoms with van der Waals surface area (Å²) in [6.07, 6.45) is 5.16. The molecule has 0 radical (unpaired) electrons. The Bertz CT molecular complexity index is 763. The highest BCUT2D eigenvalue weighted by atomic mass is 16.1. The van der Waals surface area contributed by atoms with E-state index in [0.29, 0.717) is 5.41 Å². The molecule has 0 amide bonds. The summed E-state index contributed by atoms with van der Waals surface area (Å²) in [5.74, 6) is 0.783. The number of nitrogens with zero attached hydrogens (tertiary/aromatic N) is 4. The van der Waals surface area contributed by atoms with Crippen LogP contribution in [0.3, 0.4) is 0 Å². The summed E-state index contributed by atoms with van der Waals surface area (Å²) in [5, 5.41) is 4.26. The van der Waals surface area contributed by atoms with E-state index in [0.717, 1.165) is 32.0 Å². The summed E-state index contributed by atoms with van der Waals surface area (Å²) in [6, 6.07) is 10.8. The standard InChI is InChI=1S/C20H29N5O/c1-23-19(26)21-18(22-23)16-25-13-9-20(10-14-25)7-11-24(12-8-20)15-17-5-3-2-4-6-17/h2-6H,7-16H2,1H3,(H,21,22,26). The lowest BCUT2D eigenvalue weighted by molar-refractivity contribution is 0.0292. The SMILES string of the molecule is Cn1nc(CN2CCC3(CCN(Cc4ccccc4)CC3)CC2)[nH]c1=O. The summed E-state index contributed by atoms with van der Waals surface area (Å²) in [5.41, 5.74) is 1.82. The van der Waals surface area contributed by atoms with Gasteiger partial charge < -0.3 is 0 Å². The van der Waals surface area contributed by atoms with Crippen LogP contribution in [0.2, 0.25) is 0 Å². The van der Waals surface area contributed by atoms with E-state index in [2.05, 4.69) is 50.2 Å². The molecule has 2 aliphatic rings. The fourth-order valence-corrected chi connectivity index (χ4v) is 4.45. The molecule has 0 atom stereocenters. The molecule has 3 heterocycles. The average molecular weight is 355 g/mol. The number of H-pyrrole nitrogens is 1. The van der Waals surface area contributed by atoms with Crippen LogP contribution in [0.5, 0.6) is 0 Å². The van der Waals surface area contributed by atoms with Gasteiger partial charge in [0.1, 0.15) is 5.82 Å². The van der Waals surface area contributed by atoms with E-state index in [1.54, 1.807) is 7.05 Å². The number of benzene rings is 1. The van der Waals surface area contributed by atoms with Gasteiger partial charge in [0, 0.05) is 13.6 Å². The molecule has 0 unspecified atom stereocenters. The van der Waals surface area contributed by atoms with Crippen LogP contribution in [0.15, 0.2) is 35.1 Å². The van der Waals surface area contributed by atoms with Crippen LogP contribution in [0.25, 0.3) is 0 Å². The second-order valence-corrected chi connectivity index (χ2v) is 8.04. The highest BCUT2D eigenvalue weighted by Crippen LogP contribution is 2.41. The molecule has 1 N–H and O–H groups in total. The van der Waals surface area contributed by atoms with Crippen molar-refractivity contribution in [3.63, 3.8) is 0 Å². The van der Waals surface area contributed by atoms with E-state index < -0.39 is 0 Å². The Morgan fingerprint density at radius 1 is 0.962 bits per heavy atom. The molecule has 2 fully saturated rings. The number of hydrogen-bond donors (Lipinski definition) is 1. The van der Waals surface area contributed by atoms with Crippen LogP contribution in [0, 0.1) is 5.41 Å². The van der Waals surface area contributed by atoms with Gasteiger partial charge in [-0.05, 0) is 62.8 Å². The van der Waals surface area contributed by atoms with Crippen LogP contribution in [-0.2, 0) is 20.1 Å². The molecule has 4 rings (SSSR count). The zero-order valence-corrected chi connectivity index (χ0v) is 15.7. The number of aromatic amines is 1. The number of rotatable bonds is 4. The van der Waals surface area contributed by atoms with Crippen molar-refractivity contribution in [3.8, 4) is 0 Å². The highest BCUT2D eigenvalue weighted by Gasteiger charge is 2.37. The lowest BCUT2D eigenvalue weighted by atomic mass is 9.71. The molecular weight excluding hydrogens is 326 g/mol. The molecule has 0 bridgehead atoms. The van der Waals surface area contributed by atoms with E-state index in [-0.39, 0.29) is 5.69 Å². The molecule has 26 heavy (non-hydrogen) atoms. The summed E-state index contributed by atoms with van der Waals surface area (Å²) < 4.78 is 1.38.